The van der Waals surface area contributed by atoms with Gasteiger partial charge in [0.15, 0.2) is 0 Å². The number of anilines is 1. The molecule has 0 bridgehead atoms. The molecule has 0 aliphatic carbocycles. The maximum Gasteiger partial charge on any atom is 0.323 e. The second-order valence-corrected chi connectivity index (χ2v) is 7.96. The molecule has 0 radical (unpaired) electrons. The first-order valence-corrected chi connectivity index (χ1v) is 11.0. The van der Waals surface area contributed by atoms with Crippen LogP contribution in [0, 0.1) is 5.82 Å². The maximum absolute atomic E-state index is 14.1. The number of rotatable bonds is 6. The first-order valence-electron chi connectivity index (χ1n) is 11.0. The van der Waals surface area contributed by atoms with Gasteiger partial charge in [-0.15, -0.1) is 0 Å². The number of carboxylic acid groups (broad SMARTS) is 1. The van der Waals surface area contributed by atoms with Crippen LogP contribution in [-0.4, -0.2) is 59.7 Å². The van der Waals surface area contributed by atoms with E-state index >= 15 is 0 Å². The quantitative estimate of drug-likeness (QED) is 0.544. The van der Waals surface area contributed by atoms with Crippen LogP contribution in [0.2, 0.25) is 0 Å². The Morgan fingerprint density at radius 1 is 0.912 bits per heavy atom. The average molecular weight is 461 g/mol. The Hall–Kier alpha value is -4.20. The molecule has 1 aliphatic heterocycles. The summed E-state index contributed by atoms with van der Waals surface area (Å²) in [5.74, 6) is -1.35. The molecule has 0 atom stereocenters. The minimum absolute atomic E-state index is 0.292. The van der Waals surface area contributed by atoms with Gasteiger partial charge in [0, 0.05) is 44.3 Å². The SMILES string of the molecule is O=C(O)CNC(=O)N1CCN(c2ccc(/C=C/c3cc(F)cc(-c4ccncc4)c3)cc2)CC1. The summed E-state index contributed by atoms with van der Waals surface area (Å²) in [6.07, 6.45) is 7.20. The van der Waals surface area contributed by atoms with E-state index in [-0.39, 0.29) is 18.4 Å². The molecule has 1 saturated heterocycles. The summed E-state index contributed by atoms with van der Waals surface area (Å²) >= 11 is 0. The van der Waals surface area contributed by atoms with E-state index in [9.17, 15) is 14.0 Å². The molecule has 2 aromatic carbocycles. The molecule has 3 aromatic rings. The second kappa shape index (κ2) is 10.6. The highest BCUT2D eigenvalue weighted by Gasteiger charge is 2.21. The number of carboxylic acids is 1. The topological polar surface area (TPSA) is 85.8 Å². The first-order chi connectivity index (χ1) is 16.5. The number of piperazine rings is 1. The van der Waals surface area contributed by atoms with Gasteiger partial charge in [0.2, 0.25) is 0 Å². The van der Waals surface area contributed by atoms with Crippen molar-refractivity contribution in [3.8, 4) is 11.1 Å². The predicted octanol–water partition coefficient (Wildman–Crippen LogP) is 3.97. The number of nitrogens with zero attached hydrogens (tertiary/aromatic N) is 3. The Bertz CT molecular complexity index is 1170. The number of aliphatic carboxylic acids is 1. The van der Waals surface area contributed by atoms with Crippen LogP contribution in [0.4, 0.5) is 14.9 Å². The van der Waals surface area contributed by atoms with Crippen molar-refractivity contribution in [2.24, 2.45) is 0 Å². The fourth-order valence-electron chi connectivity index (χ4n) is 3.84. The van der Waals surface area contributed by atoms with E-state index in [1.165, 1.54) is 12.1 Å². The van der Waals surface area contributed by atoms with Crippen LogP contribution < -0.4 is 10.2 Å². The van der Waals surface area contributed by atoms with Crippen molar-refractivity contribution >= 4 is 29.8 Å². The number of carbonyl (C=O) groups excluding carboxylic acids is 1. The molecule has 0 unspecified atom stereocenters. The number of hydrogen-bond donors (Lipinski definition) is 2. The third kappa shape index (κ3) is 5.98. The molecule has 4 rings (SSSR count). The van der Waals surface area contributed by atoms with Gasteiger partial charge in [-0.1, -0.05) is 24.3 Å². The van der Waals surface area contributed by atoms with E-state index in [2.05, 4.69) is 15.2 Å². The molecule has 0 saturated carbocycles. The van der Waals surface area contributed by atoms with Gasteiger partial charge < -0.3 is 20.2 Å². The molecular weight excluding hydrogens is 435 g/mol. The number of carbonyl (C=O) groups is 2. The van der Waals surface area contributed by atoms with Crippen LogP contribution in [0.15, 0.2) is 67.0 Å². The molecule has 34 heavy (non-hydrogen) atoms. The van der Waals surface area contributed by atoms with E-state index in [1.807, 2.05) is 54.6 Å². The number of benzene rings is 2. The van der Waals surface area contributed by atoms with Crippen molar-refractivity contribution in [1.29, 1.82) is 0 Å². The van der Waals surface area contributed by atoms with E-state index in [4.69, 9.17) is 5.11 Å². The summed E-state index contributed by atoms with van der Waals surface area (Å²) in [4.78, 5) is 30.4. The van der Waals surface area contributed by atoms with Gasteiger partial charge >= 0.3 is 12.0 Å². The van der Waals surface area contributed by atoms with Crippen molar-refractivity contribution in [1.82, 2.24) is 15.2 Å². The summed E-state index contributed by atoms with van der Waals surface area (Å²) in [6, 6.07) is 16.3. The Morgan fingerprint density at radius 2 is 1.59 bits per heavy atom. The fourth-order valence-corrected chi connectivity index (χ4v) is 3.84. The lowest BCUT2D eigenvalue weighted by molar-refractivity contribution is -0.135. The van der Waals surface area contributed by atoms with Gasteiger partial charge in [-0.2, -0.15) is 0 Å². The Morgan fingerprint density at radius 3 is 2.26 bits per heavy atom. The van der Waals surface area contributed by atoms with E-state index < -0.39 is 5.97 Å². The van der Waals surface area contributed by atoms with E-state index in [0.717, 1.165) is 27.9 Å². The molecular formula is C26H25FN4O3. The average Bonchev–Trinajstić information content (AvgIpc) is 2.86. The number of hydrogen-bond acceptors (Lipinski definition) is 4. The third-order valence-corrected chi connectivity index (χ3v) is 5.62. The van der Waals surface area contributed by atoms with Crippen LogP contribution in [-0.2, 0) is 4.79 Å². The zero-order valence-electron chi connectivity index (χ0n) is 18.5. The lowest BCUT2D eigenvalue weighted by Gasteiger charge is -2.36. The zero-order chi connectivity index (χ0) is 23.9. The monoisotopic (exact) mass is 460 g/mol. The second-order valence-electron chi connectivity index (χ2n) is 7.96. The smallest absolute Gasteiger partial charge is 0.323 e. The number of nitrogens with one attached hydrogen (secondary N) is 1. The largest absolute Gasteiger partial charge is 0.480 e. The highest BCUT2D eigenvalue weighted by molar-refractivity contribution is 5.80. The van der Waals surface area contributed by atoms with Gasteiger partial charge in [0.25, 0.3) is 0 Å². The van der Waals surface area contributed by atoms with Crippen LogP contribution in [0.1, 0.15) is 11.1 Å². The van der Waals surface area contributed by atoms with Gasteiger partial charge in [-0.3, -0.25) is 9.78 Å². The summed E-state index contributed by atoms with van der Waals surface area (Å²) in [5.41, 5.74) is 4.52. The summed E-state index contributed by atoms with van der Waals surface area (Å²) in [5, 5.41) is 11.1. The standard InChI is InChI=1S/C26H25FN4O3/c27-23-16-20(15-22(17-23)21-7-9-28-10-8-21)2-1-19-3-5-24(6-4-19)30-11-13-31(14-12-30)26(34)29-18-25(32)33/h1-10,15-17H,11-14,18H2,(H,29,34)(H,32,33)/b2-1+. The molecule has 1 fully saturated rings. The van der Waals surface area contributed by atoms with Crippen molar-refractivity contribution in [2.75, 3.05) is 37.6 Å². The van der Waals surface area contributed by atoms with Crippen LogP contribution in [0.25, 0.3) is 23.3 Å². The Balaban J connectivity index is 1.36. The number of aromatic nitrogens is 1. The summed E-state index contributed by atoms with van der Waals surface area (Å²) < 4.78 is 14.1. The summed E-state index contributed by atoms with van der Waals surface area (Å²) in [6.45, 7) is 1.99. The molecule has 1 aromatic heterocycles. The van der Waals surface area contributed by atoms with Crippen LogP contribution in [0.3, 0.4) is 0 Å². The highest BCUT2D eigenvalue weighted by atomic mass is 19.1. The minimum atomic E-state index is -1.06. The molecule has 8 heteroatoms. The van der Waals surface area contributed by atoms with Crippen molar-refractivity contribution < 1.29 is 19.1 Å². The van der Waals surface area contributed by atoms with E-state index in [0.29, 0.717) is 26.2 Å². The number of pyridine rings is 1. The number of urea groups is 1. The Kier molecular flexibility index (Phi) is 7.17. The van der Waals surface area contributed by atoms with E-state index in [1.54, 1.807) is 17.3 Å². The van der Waals surface area contributed by atoms with Gasteiger partial charge in [-0.25, -0.2) is 9.18 Å². The molecule has 0 spiro atoms. The third-order valence-electron chi connectivity index (χ3n) is 5.62. The first kappa shape index (κ1) is 23.0. The minimum Gasteiger partial charge on any atom is -0.480 e. The van der Waals surface area contributed by atoms with Gasteiger partial charge in [-0.05, 0) is 64.7 Å². The normalized spacial score (nSPS) is 13.8. The molecule has 7 nitrogen and oxygen atoms in total. The predicted molar refractivity (Wildman–Crippen MR) is 130 cm³/mol. The molecule has 2 N–H and O–H groups in total. The fraction of sp³-hybridized carbons (Fsp3) is 0.192. The van der Waals surface area contributed by atoms with Crippen molar-refractivity contribution in [3.63, 3.8) is 0 Å². The summed E-state index contributed by atoms with van der Waals surface area (Å²) in [7, 11) is 0. The zero-order valence-corrected chi connectivity index (χ0v) is 18.5. The lowest BCUT2D eigenvalue weighted by Crippen LogP contribution is -2.52. The van der Waals surface area contributed by atoms with Crippen molar-refractivity contribution in [2.45, 2.75) is 0 Å². The molecule has 2 amide bonds. The number of halogens is 1. The maximum atomic E-state index is 14.1. The van der Waals surface area contributed by atoms with Gasteiger partial charge in [0.05, 0.1) is 0 Å². The lowest BCUT2D eigenvalue weighted by atomic mass is 10.0. The van der Waals surface area contributed by atoms with Crippen molar-refractivity contribution in [3.05, 3.63) is 83.9 Å². The molecule has 2 heterocycles. The highest BCUT2D eigenvalue weighted by Crippen LogP contribution is 2.23. The Labute approximate surface area is 197 Å². The van der Waals surface area contributed by atoms with Gasteiger partial charge in [0.1, 0.15) is 12.4 Å². The number of amides is 2. The molecule has 174 valence electrons. The van der Waals surface area contributed by atoms with Crippen LogP contribution in [0.5, 0.6) is 0 Å². The van der Waals surface area contributed by atoms with Crippen LogP contribution >= 0.6 is 0 Å². The molecule has 1 aliphatic rings.